The monoisotopic (exact) mass is 561 g/mol. The molecule has 3 aromatic heterocycles. The highest BCUT2D eigenvalue weighted by molar-refractivity contribution is 7.10. The first-order valence-corrected chi connectivity index (χ1v) is 12.0. The van der Waals surface area contributed by atoms with Gasteiger partial charge in [-0.1, -0.05) is 0 Å². The number of carbonyl (C=O) groups excluding carboxylic acids is 1. The third-order valence-corrected chi connectivity index (χ3v) is 6.27. The SMILES string of the molecule is Cc1nsc(Nc2cnc(C(F)(F)F)cn2)c1C(=O)Nc1ccc(OC2CCCN(CC(F)(F)F)C2)nc1. The molecule has 1 unspecified atom stereocenters. The van der Waals surface area contributed by atoms with Gasteiger partial charge in [-0.05, 0) is 43.9 Å². The summed E-state index contributed by atoms with van der Waals surface area (Å²) in [7, 11) is 0. The van der Waals surface area contributed by atoms with Gasteiger partial charge in [0.1, 0.15) is 16.9 Å². The van der Waals surface area contributed by atoms with Gasteiger partial charge in [-0.15, -0.1) is 0 Å². The van der Waals surface area contributed by atoms with Crippen molar-refractivity contribution in [1.82, 2.24) is 24.2 Å². The summed E-state index contributed by atoms with van der Waals surface area (Å²) < 4.78 is 86.0. The predicted molar refractivity (Wildman–Crippen MR) is 126 cm³/mol. The van der Waals surface area contributed by atoms with E-state index in [-0.39, 0.29) is 28.8 Å². The summed E-state index contributed by atoms with van der Waals surface area (Å²) in [6, 6.07) is 3.02. The van der Waals surface area contributed by atoms with Crippen molar-refractivity contribution in [3.8, 4) is 5.88 Å². The smallest absolute Gasteiger partial charge is 0.434 e. The molecule has 16 heteroatoms. The molecule has 204 valence electrons. The second-order valence-electron chi connectivity index (χ2n) is 8.45. The van der Waals surface area contributed by atoms with Crippen LogP contribution >= 0.6 is 11.5 Å². The first-order valence-electron chi connectivity index (χ1n) is 11.2. The van der Waals surface area contributed by atoms with Gasteiger partial charge >= 0.3 is 12.4 Å². The van der Waals surface area contributed by atoms with Gasteiger partial charge in [0.15, 0.2) is 5.69 Å². The molecule has 3 aromatic rings. The van der Waals surface area contributed by atoms with Crippen molar-refractivity contribution >= 4 is 33.9 Å². The molecular formula is C22H21F6N7O2S. The Bertz CT molecular complexity index is 1250. The Morgan fingerprint density at radius 1 is 1.13 bits per heavy atom. The number of halogens is 6. The van der Waals surface area contributed by atoms with E-state index in [9.17, 15) is 31.1 Å². The van der Waals surface area contributed by atoms with Gasteiger partial charge in [-0.3, -0.25) is 9.69 Å². The molecule has 0 bridgehead atoms. The van der Waals surface area contributed by atoms with Crippen LogP contribution in [0, 0.1) is 6.92 Å². The first-order chi connectivity index (χ1) is 17.9. The van der Waals surface area contributed by atoms with Crippen molar-refractivity contribution in [2.24, 2.45) is 0 Å². The molecule has 2 N–H and O–H groups in total. The lowest BCUT2D eigenvalue weighted by atomic mass is 10.1. The number of ether oxygens (including phenoxy) is 1. The third-order valence-electron chi connectivity index (χ3n) is 5.42. The second kappa shape index (κ2) is 11.1. The van der Waals surface area contributed by atoms with Crippen LogP contribution in [-0.2, 0) is 6.18 Å². The minimum atomic E-state index is -4.63. The molecule has 0 spiro atoms. The topological polar surface area (TPSA) is 105 Å². The Morgan fingerprint density at radius 2 is 1.92 bits per heavy atom. The van der Waals surface area contributed by atoms with Crippen molar-refractivity contribution in [2.45, 2.75) is 38.2 Å². The van der Waals surface area contributed by atoms with Crippen LogP contribution in [-0.4, -0.2) is 62.0 Å². The van der Waals surface area contributed by atoms with E-state index in [1.165, 1.54) is 23.2 Å². The Balaban J connectivity index is 1.37. The summed E-state index contributed by atoms with van der Waals surface area (Å²) in [5.74, 6) is -0.349. The van der Waals surface area contributed by atoms with Crippen LogP contribution in [0.5, 0.6) is 5.88 Å². The van der Waals surface area contributed by atoms with Gasteiger partial charge in [-0.25, -0.2) is 15.0 Å². The van der Waals surface area contributed by atoms with Gasteiger partial charge < -0.3 is 15.4 Å². The maximum absolute atomic E-state index is 12.9. The summed E-state index contributed by atoms with van der Waals surface area (Å²) in [6.07, 6.45) is -5.38. The average Bonchev–Trinajstić information content (AvgIpc) is 3.19. The van der Waals surface area contributed by atoms with Crippen molar-refractivity contribution in [2.75, 3.05) is 30.3 Å². The van der Waals surface area contributed by atoms with Crippen molar-refractivity contribution in [3.63, 3.8) is 0 Å². The minimum absolute atomic E-state index is 0.00428. The molecule has 0 aliphatic carbocycles. The van der Waals surface area contributed by atoms with Crippen molar-refractivity contribution in [1.29, 1.82) is 0 Å². The molecule has 0 radical (unpaired) electrons. The highest BCUT2D eigenvalue weighted by atomic mass is 32.1. The highest BCUT2D eigenvalue weighted by Crippen LogP contribution is 2.30. The average molecular weight is 562 g/mol. The van der Waals surface area contributed by atoms with E-state index in [1.807, 2.05) is 0 Å². The second-order valence-corrected chi connectivity index (χ2v) is 9.23. The largest absolute Gasteiger partial charge is 0.473 e. The van der Waals surface area contributed by atoms with Crippen molar-refractivity contribution in [3.05, 3.63) is 47.7 Å². The number of likely N-dealkylation sites (tertiary alicyclic amines) is 1. The Kier molecular flexibility index (Phi) is 8.01. The number of nitrogens with zero attached hydrogens (tertiary/aromatic N) is 5. The molecule has 1 amide bonds. The standard InChI is InChI=1S/C22H21F6N7O2S/c1-12-18(20(38-34-12)33-16-9-29-15(8-30-16)22(26,27)28)19(36)32-13-4-5-17(31-7-13)37-14-3-2-6-35(10-14)11-21(23,24)25/h4-5,7-9,14H,2-3,6,10-11H2,1H3,(H,30,33)(H,32,36). The molecule has 0 aromatic carbocycles. The maximum Gasteiger partial charge on any atom is 0.434 e. The molecule has 4 heterocycles. The van der Waals surface area contributed by atoms with Gasteiger partial charge in [0, 0.05) is 12.6 Å². The number of anilines is 3. The zero-order valence-corrected chi connectivity index (χ0v) is 20.5. The number of pyridine rings is 1. The fourth-order valence-corrected chi connectivity index (χ4v) is 4.57. The molecular weight excluding hydrogens is 540 g/mol. The number of alkyl halides is 6. The predicted octanol–water partition coefficient (Wildman–Crippen LogP) is 5.06. The lowest BCUT2D eigenvalue weighted by molar-refractivity contribution is -0.150. The first kappa shape index (κ1) is 27.5. The Labute approximate surface area is 216 Å². The maximum atomic E-state index is 12.9. The van der Waals surface area contributed by atoms with Gasteiger partial charge in [0.25, 0.3) is 5.91 Å². The van der Waals surface area contributed by atoms with Crippen LogP contribution < -0.4 is 15.4 Å². The fraction of sp³-hybridized carbons (Fsp3) is 0.409. The van der Waals surface area contributed by atoms with Crippen LogP contribution in [0.3, 0.4) is 0 Å². The van der Waals surface area contributed by atoms with Crippen LogP contribution in [0.1, 0.15) is 34.6 Å². The summed E-state index contributed by atoms with van der Waals surface area (Å²) in [4.78, 5) is 25.4. The van der Waals surface area contributed by atoms with E-state index in [4.69, 9.17) is 4.74 Å². The molecule has 1 saturated heterocycles. The Morgan fingerprint density at radius 3 is 2.55 bits per heavy atom. The lowest BCUT2D eigenvalue weighted by Crippen LogP contribution is -2.45. The third kappa shape index (κ3) is 7.28. The zero-order valence-electron chi connectivity index (χ0n) is 19.7. The van der Waals surface area contributed by atoms with Crippen LogP contribution in [0.2, 0.25) is 0 Å². The van der Waals surface area contributed by atoms with E-state index < -0.39 is 36.6 Å². The molecule has 4 rings (SSSR count). The van der Waals surface area contributed by atoms with E-state index in [0.29, 0.717) is 37.0 Å². The number of rotatable bonds is 7. The van der Waals surface area contributed by atoms with Gasteiger partial charge in [0.05, 0.1) is 42.1 Å². The Hall–Kier alpha value is -3.53. The molecule has 1 fully saturated rings. The van der Waals surface area contributed by atoms with Crippen molar-refractivity contribution < 1.29 is 35.9 Å². The van der Waals surface area contributed by atoms with Crippen LogP contribution in [0.25, 0.3) is 0 Å². The number of aromatic nitrogens is 4. The normalized spacial score (nSPS) is 16.8. The fourth-order valence-electron chi connectivity index (χ4n) is 3.77. The zero-order chi connectivity index (χ0) is 27.5. The van der Waals surface area contributed by atoms with Crippen LogP contribution in [0.4, 0.5) is 42.8 Å². The number of hydrogen-bond donors (Lipinski definition) is 2. The van der Waals surface area contributed by atoms with E-state index in [0.717, 1.165) is 17.7 Å². The van der Waals surface area contributed by atoms with E-state index in [2.05, 4.69) is 30.0 Å². The molecule has 1 aliphatic rings. The number of piperidine rings is 1. The van der Waals surface area contributed by atoms with Gasteiger partial charge in [0.2, 0.25) is 5.88 Å². The van der Waals surface area contributed by atoms with Gasteiger partial charge in [-0.2, -0.15) is 30.7 Å². The van der Waals surface area contributed by atoms with E-state index >= 15 is 0 Å². The molecule has 38 heavy (non-hydrogen) atoms. The molecule has 0 saturated carbocycles. The number of amides is 1. The summed E-state index contributed by atoms with van der Waals surface area (Å²) in [5.41, 5.74) is -0.299. The quantitative estimate of drug-likeness (QED) is 0.386. The van der Waals surface area contributed by atoms with Crippen LogP contribution in [0.15, 0.2) is 30.7 Å². The minimum Gasteiger partial charge on any atom is -0.473 e. The molecule has 9 nitrogen and oxygen atoms in total. The summed E-state index contributed by atoms with van der Waals surface area (Å²) in [6.45, 7) is 1.07. The number of nitrogens with one attached hydrogen (secondary N) is 2. The van der Waals surface area contributed by atoms with E-state index in [1.54, 1.807) is 6.92 Å². The lowest BCUT2D eigenvalue weighted by Gasteiger charge is -2.32. The number of hydrogen-bond acceptors (Lipinski definition) is 9. The summed E-state index contributed by atoms with van der Waals surface area (Å²) >= 11 is 0.923. The molecule has 1 aliphatic heterocycles. The summed E-state index contributed by atoms with van der Waals surface area (Å²) in [5, 5.41) is 5.66. The number of carbonyl (C=O) groups is 1. The highest BCUT2D eigenvalue weighted by Gasteiger charge is 2.34. The number of aryl methyl sites for hydroxylation is 1. The molecule has 1 atom stereocenters.